The summed E-state index contributed by atoms with van der Waals surface area (Å²) >= 11 is 0. The predicted octanol–water partition coefficient (Wildman–Crippen LogP) is 1.77. The van der Waals surface area contributed by atoms with E-state index in [9.17, 15) is 0 Å². The van der Waals surface area contributed by atoms with Crippen LogP contribution in [0.15, 0.2) is 24.3 Å². The highest BCUT2D eigenvalue weighted by atomic mass is 14.9. The van der Waals surface area contributed by atoms with Crippen LogP contribution >= 0.6 is 0 Å². The third-order valence-corrected chi connectivity index (χ3v) is 2.84. The van der Waals surface area contributed by atoms with E-state index in [0.29, 0.717) is 12.6 Å². The van der Waals surface area contributed by atoms with Gasteiger partial charge in [-0.1, -0.05) is 30.2 Å². The summed E-state index contributed by atoms with van der Waals surface area (Å²) in [6, 6.07) is 9.25. The molecule has 72 valence electrons. The van der Waals surface area contributed by atoms with Gasteiger partial charge in [-0.05, 0) is 30.4 Å². The highest BCUT2D eigenvalue weighted by molar-refractivity contribution is 5.30. The number of rotatable bonds is 2. The van der Waals surface area contributed by atoms with Gasteiger partial charge in [-0.15, -0.1) is 6.42 Å². The van der Waals surface area contributed by atoms with Crippen LogP contribution in [-0.2, 0) is 12.8 Å². The molecular formula is C13H15N. The molecule has 0 amide bonds. The fourth-order valence-corrected chi connectivity index (χ4v) is 2.08. The maximum Gasteiger partial charge on any atom is 0.0576 e. The zero-order valence-corrected chi connectivity index (χ0v) is 8.29. The fourth-order valence-electron chi connectivity index (χ4n) is 2.08. The number of hydrogen-bond donors (Lipinski definition) is 1. The van der Waals surface area contributed by atoms with Crippen molar-refractivity contribution in [1.82, 2.24) is 5.32 Å². The Morgan fingerprint density at radius 2 is 2.14 bits per heavy atom. The zero-order chi connectivity index (χ0) is 9.80. The Labute approximate surface area is 85.5 Å². The maximum atomic E-state index is 5.23. The molecule has 0 saturated carbocycles. The second kappa shape index (κ2) is 4.30. The number of aryl methyl sites for hydroxylation is 1. The van der Waals surface area contributed by atoms with E-state index in [0.717, 1.165) is 6.42 Å². The van der Waals surface area contributed by atoms with Crippen molar-refractivity contribution in [2.75, 3.05) is 6.54 Å². The van der Waals surface area contributed by atoms with Gasteiger partial charge in [0, 0.05) is 6.04 Å². The van der Waals surface area contributed by atoms with Gasteiger partial charge >= 0.3 is 0 Å². The standard InChI is InChI=1S/C13H15N/c1-2-9-14-13-8-7-11-5-3-4-6-12(11)10-13/h1,3-6,13-14H,7-10H2. The molecule has 1 unspecified atom stereocenters. The van der Waals surface area contributed by atoms with E-state index in [1.165, 1.54) is 24.0 Å². The molecule has 0 fully saturated rings. The number of fused-ring (bicyclic) bond motifs is 1. The van der Waals surface area contributed by atoms with Gasteiger partial charge in [0.25, 0.3) is 0 Å². The highest BCUT2D eigenvalue weighted by Crippen LogP contribution is 2.20. The lowest BCUT2D eigenvalue weighted by atomic mass is 9.88. The van der Waals surface area contributed by atoms with Gasteiger partial charge in [0.2, 0.25) is 0 Å². The van der Waals surface area contributed by atoms with Crippen LogP contribution in [0.25, 0.3) is 0 Å². The first-order chi connectivity index (χ1) is 6.90. The van der Waals surface area contributed by atoms with Crippen molar-refractivity contribution in [3.63, 3.8) is 0 Å². The predicted molar refractivity (Wildman–Crippen MR) is 59.1 cm³/mol. The third kappa shape index (κ3) is 1.97. The molecule has 1 atom stereocenters. The Kier molecular flexibility index (Phi) is 2.86. The summed E-state index contributed by atoms with van der Waals surface area (Å²) in [6.45, 7) is 0.687. The lowest BCUT2D eigenvalue weighted by molar-refractivity contribution is 0.482. The quantitative estimate of drug-likeness (QED) is 0.692. The van der Waals surface area contributed by atoms with Crippen LogP contribution in [0.3, 0.4) is 0 Å². The van der Waals surface area contributed by atoms with E-state index in [1.807, 2.05) is 0 Å². The van der Waals surface area contributed by atoms with Gasteiger partial charge in [-0.3, -0.25) is 0 Å². The minimum atomic E-state index is 0.570. The Balaban J connectivity index is 2.03. The summed E-state index contributed by atoms with van der Waals surface area (Å²) in [7, 11) is 0. The van der Waals surface area contributed by atoms with Crippen molar-refractivity contribution in [1.29, 1.82) is 0 Å². The second-order valence-electron chi connectivity index (χ2n) is 3.79. The van der Waals surface area contributed by atoms with Crippen LogP contribution in [0.2, 0.25) is 0 Å². The Morgan fingerprint density at radius 1 is 1.36 bits per heavy atom. The van der Waals surface area contributed by atoms with Crippen LogP contribution in [-0.4, -0.2) is 12.6 Å². The van der Waals surface area contributed by atoms with Crippen LogP contribution < -0.4 is 5.32 Å². The van der Waals surface area contributed by atoms with E-state index in [2.05, 4.69) is 35.5 Å². The highest BCUT2D eigenvalue weighted by Gasteiger charge is 2.16. The molecule has 0 radical (unpaired) electrons. The Bertz CT molecular complexity index is 348. The number of nitrogens with one attached hydrogen (secondary N) is 1. The van der Waals surface area contributed by atoms with Gasteiger partial charge in [0.1, 0.15) is 0 Å². The van der Waals surface area contributed by atoms with Crippen molar-refractivity contribution in [3.8, 4) is 12.3 Å². The van der Waals surface area contributed by atoms with Gasteiger partial charge in [-0.2, -0.15) is 0 Å². The Morgan fingerprint density at radius 3 is 2.93 bits per heavy atom. The summed E-state index contributed by atoms with van der Waals surface area (Å²) in [5.74, 6) is 2.63. The summed E-state index contributed by atoms with van der Waals surface area (Å²) in [6.07, 6.45) is 8.74. The summed E-state index contributed by atoms with van der Waals surface area (Å²) in [4.78, 5) is 0. The number of hydrogen-bond acceptors (Lipinski definition) is 1. The molecule has 1 aromatic rings. The molecule has 2 rings (SSSR count). The first kappa shape index (κ1) is 9.30. The average molecular weight is 185 g/mol. The topological polar surface area (TPSA) is 12.0 Å². The molecule has 1 heteroatoms. The fraction of sp³-hybridized carbons (Fsp3) is 0.385. The molecule has 0 bridgehead atoms. The largest absolute Gasteiger partial charge is 0.303 e. The van der Waals surface area contributed by atoms with E-state index < -0.39 is 0 Å². The molecule has 1 N–H and O–H groups in total. The molecule has 1 aromatic carbocycles. The van der Waals surface area contributed by atoms with E-state index >= 15 is 0 Å². The molecule has 0 spiro atoms. The average Bonchev–Trinajstić information content (AvgIpc) is 2.26. The van der Waals surface area contributed by atoms with Crippen molar-refractivity contribution in [3.05, 3.63) is 35.4 Å². The minimum Gasteiger partial charge on any atom is -0.303 e. The van der Waals surface area contributed by atoms with Crippen LogP contribution in [0.5, 0.6) is 0 Å². The SMILES string of the molecule is C#CCNC1CCc2ccccc2C1. The maximum absolute atomic E-state index is 5.23. The molecular weight excluding hydrogens is 170 g/mol. The van der Waals surface area contributed by atoms with Crippen molar-refractivity contribution in [2.24, 2.45) is 0 Å². The summed E-state index contributed by atoms with van der Waals surface area (Å²) in [5, 5.41) is 3.38. The first-order valence-corrected chi connectivity index (χ1v) is 5.14. The normalized spacial score (nSPS) is 19.8. The molecule has 0 aromatic heterocycles. The molecule has 1 aliphatic carbocycles. The molecule has 14 heavy (non-hydrogen) atoms. The molecule has 1 aliphatic rings. The number of terminal acetylenes is 1. The van der Waals surface area contributed by atoms with Crippen molar-refractivity contribution in [2.45, 2.75) is 25.3 Å². The van der Waals surface area contributed by atoms with E-state index in [-0.39, 0.29) is 0 Å². The minimum absolute atomic E-state index is 0.570. The third-order valence-electron chi connectivity index (χ3n) is 2.84. The molecule has 0 heterocycles. The molecule has 0 aliphatic heterocycles. The van der Waals surface area contributed by atoms with Gasteiger partial charge < -0.3 is 5.32 Å². The van der Waals surface area contributed by atoms with Gasteiger partial charge in [-0.25, -0.2) is 0 Å². The van der Waals surface area contributed by atoms with E-state index in [4.69, 9.17) is 6.42 Å². The number of benzene rings is 1. The lowest BCUT2D eigenvalue weighted by Crippen LogP contribution is -2.34. The molecule has 0 saturated heterocycles. The monoisotopic (exact) mass is 185 g/mol. The Hall–Kier alpha value is -1.26. The van der Waals surface area contributed by atoms with Crippen molar-refractivity contribution >= 4 is 0 Å². The smallest absolute Gasteiger partial charge is 0.0576 e. The van der Waals surface area contributed by atoms with Crippen LogP contribution in [0.4, 0.5) is 0 Å². The summed E-state index contributed by atoms with van der Waals surface area (Å²) < 4.78 is 0. The second-order valence-corrected chi connectivity index (χ2v) is 3.79. The van der Waals surface area contributed by atoms with Gasteiger partial charge in [0.05, 0.1) is 6.54 Å². The molecule has 1 nitrogen and oxygen atoms in total. The lowest BCUT2D eigenvalue weighted by Gasteiger charge is -2.24. The summed E-state index contributed by atoms with van der Waals surface area (Å²) in [5.41, 5.74) is 2.99. The van der Waals surface area contributed by atoms with Crippen LogP contribution in [0.1, 0.15) is 17.5 Å². The van der Waals surface area contributed by atoms with E-state index in [1.54, 1.807) is 0 Å². The first-order valence-electron chi connectivity index (χ1n) is 5.14. The van der Waals surface area contributed by atoms with Gasteiger partial charge in [0.15, 0.2) is 0 Å². The zero-order valence-electron chi connectivity index (χ0n) is 8.29. The van der Waals surface area contributed by atoms with Crippen molar-refractivity contribution < 1.29 is 0 Å². The van der Waals surface area contributed by atoms with Crippen LogP contribution in [0, 0.1) is 12.3 Å².